The van der Waals surface area contributed by atoms with Crippen LogP contribution in [0.15, 0.2) is 66.7 Å². The molecule has 2 N–H and O–H groups in total. The molecule has 1 aliphatic heterocycles. The second kappa shape index (κ2) is 11.2. The summed E-state index contributed by atoms with van der Waals surface area (Å²) in [5, 5.41) is 19.6. The van der Waals surface area contributed by atoms with Gasteiger partial charge in [-0.25, -0.2) is 0 Å². The van der Waals surface area contributed by atoms with Gasteiger partial charge in [0.05, 0.1) is 5.57 Å². The number of alkyl halides is 3. The molecule has 3 aromatic carbocycles. The Morgan fingerprint density at radius 3 is 2.24 bits per heavy atom. The van der Waals surface area contributed by atoms with Gasteiger partial charge in [-0.1, -0.05) is 37.6 Å². The zero-order valence-corrected chi connectivity index (χ0v) is 20.8. The minimum atomic E-state index is -4.70. The van der Waals surface area contributed by atoms with Gasteiger partial charge in [0.25, 0.3) is 0 Å². The molecule has 0 amide bonds. The van der Waals surface area contributed by atoms with Crippen molar-refractivity contribution in [3.8, 4) is 23.0 Å². The lowest BCUT2D eigenvalue weighted by molar-refractivity contribution is -0.0695. The van der Waals surface area contributed by atoms with Crippen molar-refractivity contribution >= 4 is 11.1 Å². The van der Waals surface area contributed by atoms with Crippen LogP contribution in [0.1, 0.15) is 42.6 Å². The molecule has 8 heteroatoms. The maximum absolute atomic E-state index is 14.5. The van der Waals surface area contributed by atoms with Gasteiger partial charge in [-0.2, -0.15) is 13.2 Å². The lowest BCUT2D eigenvalue weighted by Gasteiger charge is -2.33. The third kappa shape index (κ3) is 6.20. The van der Waals surface area contributed by atoms with Crippen molar-refractivity contribution in [3.63, 3.8) is 0 Å². The summed E-state index contributed by atoms with van der Waals surface area (Å²) in [7, 11) is 2.04. The molecule has 37 heavy (non-hydrogen) atoms. The number of allylic oxidation sites excluding steroid dienone is 1. The number of phenolic OH excluding ortho intramolecular Hbond substituents is 2. The molecule has 0 fully saturated rings. The van der Waals surface area contributed by atoms with Crippen LogP contribution >= 0.6 is 0 Å². The topological polar surface area (TPSA) is 62.2 Å². The fourth-order valence-corrected chi connectivity index (χ4v) is 4.35. The van der Waals surface area contributed by atoms with E-state index in [0.717, 1.165) is 25.9 Å². The molecule has 0 radical (unpaired) electrons. The molecule has 3 aromatic rings. The number of unbranched alkanes of at least 4 members (excludes halogenated alkanes) is 1. The quantitative estimate of drug-likeness (QED) is 0.329. The van der Waals surface area contributed by atoms with Crippen LogP contribution in [0.4, 0.5) is 13.2 Å². The number of fused-ring (bicyclic) bond motifs is 1. The van der Waals surface area contributed by atoms with Gasteiger partial charge in [-0.05, 0) is 67.5 Å². The van der Waals surface area contributed by atoms with Crippen LogP contribution in [-0.4, -0.2) is 48.0 Å². The second-order valence-corrected chi connectivity index (χ2v) is 9.09. The van der Waals surface area contributed by atoms with Crippen LogP contribution in [-0.2, 0) is 0 Å². The van der Waals surface area contributed by atoms with Crippen LogP contribution in [0.2, 0.25) is 0 Å². The number of likely N-dealkylation sites (N-methyl/N-ethyl adjacent to an activating group) is 1. The monoisotopic (exact) mass is 513 g/mol. The molecule has 0 saturated carbocycles. The van der Waals surface area contributed by atoms with Crippen LogP contribution in [0.25, 0.3) is 11.1 Å². The molecule has 0 saturated heterocycles. The van der Waals surface area contributed by atoms with E-state index < -0.39 is 17.9 Å². The molecule has 1 unspecified atom stereocenters. The normalized spacial score (nSPS) is 15.5. The molecular formula is C29H30F3NO4. The zero-order chi connectivity index (χ0) is 26.6. The fraction of sp³-hybridized carbons (Fsp3) is 0.310. The summed E-state index contributed by atoms with van der Waals surface area (Å²) in [6, 6.07) is 15.9. The number of halogens is 3. The predicted octanol–water partition coefficient (Wildman–Crippen LogP) is 6.82. The Kier molecular flexibility index (Phi) is 7.97. The fourth-order valence-electron chi connectivity index (χ4n) is 4.35. The van der Waals surface area contributed by atoms with Crippen molar-refractivity contribution in [2.45, 2.75) is 32.0 Å². The number of rotatable bonds is 9. The van der Waals surface area contributed by atoms with E-state index in [1.807, 2.05) is 7.05 Å². The summed E-state index contributed by atoms with van der Waals surface area (Å²) in [4.78, 5) is 2.19. The van der Waals surface area contributed by atoms with Crippen LogP contribution < -0.4 is 9.47 Å². The summed E-state index contributed by atoms with van der Waals surface area (Å²) in [6.07, 6.45) is -3.57. The van der Waals surface area contributed by atoms with Crippen molar-refractivity contribution in [1.82, 2.24) is 4.90 Å². The lowest BCUT2D eigenvalue weighted by Crippen LogP contribution is -2.25. The average Bonchev–Trinajstić information content (AvgIpc) is 2.86. The van der Waals surface area contributed by atoms with Crippen LogP contribution in [0.5, 0.6) is 23.0 Å². The van der Waals surface area contributed by atoms with Crippen LogP contribution in [0.3, 0.4) is 0 Å². The van der Waals surface area contributed by atoms with E-state index in [1.54, 1.807) is 24.3 Å². The number of benzene rings is 3. The molecule has 0 spiro atoms. The van der Waals surface area contributed by atoms with E-state index in [-0.39, 0.29) is 33.9 Å². The molecule has 0 aliphatic carbocycles. The maximum Gasteiger partial charge on any atom is 0.417 e. The Hall–Kier alpha value is -3.65. The van der Waals surface area contributed by atoms with Gasteiger partial charge in [-0.15, -0.1) is 0 Å². The number of ether oxygens (including phenoxy) is 2. The van der Waals surface area contributed by atoms with Crippen molar-refractivity contribution in [3.05, 3.63) is 83.4 Å². The first kappa shape index (κ1) is 26.4. The number of hydrogen-bond donors (Lipinski definition) is 2. The zero-order valence-electron chi connectivity index (χ0n) is 20.8. The van der Waals surface area contributed by atoms with Gasteiger partial charge in [-0.3, -0.25) is 0 Å². The van der Waals surface area contributed by atoms with Crippen molar-refractivity contribution in [2.75, 3.05) is 26.7 Å². The van der Waals surface area contributed by atoms with E-state index in [2.05, 4.69) is 11.8 Å². The molecule has 1 heterocycles. The maximum atomic E-state index is 14.5. The molecular weight excluding hydrogens is 483 g/mol. The summed E-state index contributed by atoms with van der Waals surface area (Å²) in [5.74, 6) is 0.293. The first-order valence-corrected chi connectivity index (χ1v) is 12.2. The van der Waals surface area contributed by atoms with Crippen molar-refractivity contribution < 1.29 is 32.9 Å². The Morgan fingerprint density at radius 1 is 0.919 bits per heavy atom. The number of nitrogens with zero attached hydrogens (tertiary/aromatic N) is 1. The van der Waals surface area contributed by atoms with E-state index in [0.29, 0.717) is 17.9 Å². The number of hydrogen-bond acceptors (Lipinski definition) is 5. The minimum Gasteiger partial charge on any atom is -0.508 e. The highest BCUT2D eigenvalue weighted by Crippen LogP contribution is 2.53. The number of phenols is 2. The Bertz CT molecular complexity index is 1240. The van der Waals surface area contributed by atoms with Crippen LogP contribution in [0, 0.1) is 0 Å². The highest BCUT2D eigenvalue weighted by atomic mass is 19.4. The highest BCUT2D eigenvalue weighted by Gasteiger charge is 2.44. The summed E-state index contributed by atoms with van der Waals surface area (Å²) in [5.41, 5.74) is -0.316. The predicted molar refractivity (Wildman–Crippen MR) is 137 cm³/mol. The van der Waals surface area contributed by atoms with Gasteiger partial charge in [0.2, 0.25) is 0 Å². The average molecular weight is 514 g/mol. The highest BCUT2D eigenvalue weighted by molar-refractivity contribution is 5.98. The molecule has 1 atom stereocenters. The molecule has 0 bridgehead atoms. The number of aromatic hydroxyl groups is 2. The summed E-state index contributed by atoms with van der Waals surface area (Å²) < 4.78 is 55.5. The summed E-state index contributed by atoms with van der Waals surface area (Å²) >= 11 is 0. The van der Waals surface area contributed by atoms with Gasteiger partial charge < -0.3 is 24.6 Å². The third-order valence-corrected chi connectivity index (χ3v) is 6.29. The largest absolute Gasteiger partial charge is 0.508 e. The SMILES string of the molecule is CCCCN(C)CCOc1ccc(C2Oc3cc(O)ccc3C(C(F)(F)F)=C2c2ccc(O)cc2)cc1. The Morgan fingerprint density at radius 2 is 1.59 bits per heavy atom. The van der Waals surface area contributed by atoms with Gasteiger partial charge in [0.1, 0.15) is 29.6 Å². The molecule has 196 valence electrons. The van der Waals surface area contributed by atoms with E-state index in [9.17, 15) is 23.4 Å². The summed E-state index contributed by atoms with van der Waals surface area (Å²) in [6.45, 7) is 4.38. The van der Waals surface area contributed by atoms with E-state index in [1.165, 1.54) is 42.5 Å². The van der Waals surface area contributed by atoms with Gasteiger partial charge >= 0.3 is 6.18 Å². The van der Waals surface area contributed by atoms with Crippen molar-refractivity contribution in [1.29, 1.82) is 0 Å². The Labute approximate surface area is 214 Å². The molecule has 4 rings (SSSR count). The second-order valence-electron chi connectivity index (χ2n) is 9.09. The molecule has 5 nitrogen and oxygen atoms in total. The van der Waals surface area contributed by atoms with Gasteiger partial charge in [0, 0.05) is 23.7 Å². The minimum absolute atomic E-state index is 0.0571. The van der Waals surface area contributed by atoms with E-state index in [4.69, 9.17) is 9.47 Å². The Balaban J connectivity index is 1.69. The molecule has 0 aromatic heterocycles. The van der Waals surface area contributed by atoms with E-state index >= 15 is 0 Å². The van der Waals surface area contributed by atoms with Gasteiger partial charge in [0.15, 0.2) is 6.10 Å². The van der Waals surface area contributed by atoms with Crippen molar-refractivity contribution in [2.24, 2.45) is 0 Å². The standard InChI is InChI=1S/C29H30F3NO4/c1-3-4-15-33(2)16-17-36-23-12-7-20(8-13-23)28-26(19-5-9-21(34)10-6-19)27(29(30,31)32)24-14-11-22(35)18-25(24)37-28/h5-14,18,28,34-35H,3-4,15-17H2,1-2H3. The first-order valence-electron chi connectivity index (χ1n) is 12.2. The first-order chi connectivity index (χ1) is 17.7. The third-order valence-electron chi connectivity index (χ3n) is 6.29. The lowest BCUT2D eigenvalue weighted by atomic mass is 9.85. The smallest absolute Gasteiger partial charge is 0.417 e. The molecule has 1 aliphatic rings.